The maximum atomic E-state index is 6.10. The van der Waals surface area contributed by atoms with Gasteiger partial charge in [-0.1, -0.05) is 11.6 Å². The molecule has 2 aromatic rings. The van der Waals surface area contributed by atoms with Crippen LogP contribution in [0.5, 0.6) is 0 Å². The van der Waals surface area contributed by atoms with E-state index in [0.717, 1.165) is 47.9 Å². The summed E-state index contributed by atoms with van der Waals surface area (Å²) >= 11 is 6.10. The van der Waals surface area contributed by atoms with Crippen LogP contribution < -0.4 is 5.32 Å². The molecule has 5 heteroatoms. The highest BCUT2D eigenvalue weighted by atomic mass is 35.5. The Bertz CT molecular complexity index is 548. The van der Waals surface area contributed by atoms with Crippen LogP contribution in [0.25, 0.3) is 11.0 Å². The van der Waals surface area contributed by atoms with E-state index in [1.165, 1.54) is 0 Å². The second kappa shape index (κ2) is 6.37. The van der Waals surface area contributed by atoms with Crippen LogP contribution in [-0.4, -0.2) is 42.1 Å². The van der Waals surface area contributed by atoms with Crippen LogP contribution in [0, 0.1) is 0 Å². The normalized spacial score (nSPS) is 11.6. The third kappa shape index (κ3) is 3.47. The highest BCUT2D eigenvalue weighted by Gasteiger charge is 2.10. The van der Waals surface area contributed by atoms with Crippen molar-refractivity contribution in [3.8, 4) is 0 Å². The molecule has 19 heavy (non-hydrogen) atoms. The van der Waals surface area contributed by atoms with Gasteiger partial charge in [-0.05, 0) is 52.3 Å². The molecule has 0 spiro atoms. The molecule has 1 N–H and O–H groups in total. The molecule has 1 aromatic heterocycles. The lowest BCUT2D eigenvalue weighted by molar-refractivity contribution is 0.385. The van der Waals surface area contributed by atoms with Crippen molar-refractivity contribution < 1.29 is 0 Å². The van der Waals surface area contributed by atoms with Crippen LogP contribution in [0.3, 0.4) is 0 Å². The molecule has 1 aromatic carbocycles. The summed E-state index contributed by atoms with van der Waals surface area (Å²) < 4.78 is 2.27. The lowest BCUT2D eigenvalue weighted by Gasteiger charge is -2.12. The minimum Gasteiger partial charge on any atom is -0.327 e. The van der Waals surface area contributed by atoms with Crippen LogP contribution in [-0.2, 0) is 13.1 Å². The molecule has 0 radical (unpaired) electrons. The average molecular weight is 281 g/mol. The number of imidazole rings is 1. The molecule has 0 unspecified atom stereocenters. The minimum atomic E-state index is 0.761. The number of fused-ring (bicyclic) bond motifs is 1. The SMILES string of the molecule is CNCc1nc2ccc(Cl)cc2n1CCCN(C)C. The fraction of sp³-hybridized carbons (Fsp3) is 0.500. The van der Waals surface area contributed by atoms with Gasteiger partial charge in [-0.3, -0.25) is 0 Å². The lowest BCUT2D eigenvalue weighted by Crippen LogP contribution is -2.17. The predicted octanol–water partition coefficient (Wildman–Crippen LogP) is 2.36. The van der Waals surface area contributed by atoms with Gasteiger partial charge in [-0.15, -0.1) is 0 Å². The number of aromatic nitrogens is 2. The van der Waals surface area contributed by atoms with Gasteiger partial charge in [0.15, 0.2) is 0 Å². The van der Waals surface area contributed by atoms with Crippen LogP contribution in [0.4, 0.5) is 0 Å². The molecule has 0 saturated carbocycles. The number of hydrogen-bond donors (Lipinski definition) is 1. The first-order valence-corrected chi connectivity index (χ1v) is 6.93. The predicted molar refractivity (Wildman–Crippen MR) is 80.7 cm³/mol. The smallest absolute Gasteiger partial charge is 0.123 e. The Kier molecular flexibility index (Phi) is 4.80. The van der Waals surface area contributed by atoms with Crippen molar-refractivity contribution in [2.45, 2.75) is 19.5 Å². The molecule has 0 bridgehead atoms. The van der Waals surface area contributed by atoms with Crippen molar-refractivity contribution in [1.29, 1.82) is 0 Å². The van der Waals surface area contributed by atoms with Crippen LogP contribution >= 0.6 is 11.6 Å². The van der Waals surface area contributed by atoms with Gasteiger partial charge in [0.25, 0.3) is 0 Å². The standard InChI is InChI=1S/C14H21ClN4/c1-16-10-14-17-12-6-5-11(15)9-13(12)19(14)8-4-7-18(2)3/h5-6,9,16H,4,7-8,10H2,1-3H3. The van der Waals surface area contributed by atoms with Gasteiger partial charge < -0.3 is 14.8 Å². The van der Waals surface area contributed by atoms with Crippen molar-refractivity contribution in [3.05, 3.63) is 29.0 Å². The average Bonchev–Trinajstić information content (AvgIpc) is 2.67. The summed E-state index contributed by atoms with van der Waals surface area (Å²) in [6.45, 7) is 2.81. The van der Waals surface area contributed by atoms with Crippen molar-refractivity contribution in [2.24, 2.45) is 0 Å². The molecule has 2 rings (SSSR count). The fourth-order valence-corrected chi connectivity index (χ4v) is 2.40. The molecule has 0 fully saturated rings. The Morgan fingerprint density at radius 2 is 2.16 bits per heavy atom. The van der Waals surface area contributed by atoms with Gasteiger partial charge in [-0.2, -0.15) is 0 Å². The molecule has 0 aliphatic heterocycles. The fourth-order valence-electron chi connectivity index (χ4n) is 2.23. The summed E-state index contributed by atoms with van der Waals surface area (Å²) in [5, 5.41) is 3.93. The molecule has 104 valence electrons. The number of aryl methyl sites for hydroxylation is 1. The summed E-state index contributed by atoms with van der Waals surface area (Å²) in [4.78, 5) is 6.87. The van der Waals surface area contributed by atoms with E-state index in [9.17, 15) is 0 Å². The van der Waals surface area contributed by atoms with Gasteiger partial charge in [0.1, 0.15) is 5.82 Å². The quantitative estimate of drug-likeness (QED) is 0.882. The second-order valence-electron chi connectivity index (χ2n) is 5.00. The van der Waals surface area contributed by atoms with Gasteiger partial charge in [-0.25, -0.2) is 4.98 Å². The van der Waals surface area contributed by atoms with Gasteiger partial charge >= 0.3 is 0 Å². The van der Waals surface area contributed by atoms with E-state index in [0.29, 0.717) is 0 Å². The highest BCUT2D eigenvalue weighted by molar-refractivity contribution is 6.31. The Morgan fingerprint density at radius 1 is 1.37 bits per heavy atom. The number of rotatable bonds is 6. The zero-order valence-electron chi connectivity index (χ0n) is 11.8. The number of benzene rings is 1. The van der Waals surface area contributed by atoms with E-state index in [2.05, 4.69) is 33.9 Å². The van der Waals surface area contributed by atoms with Crippen molar-refractivity contribution in [2.75, 3.05) is 27.7 Å². The Hall–Kier alpha value is -1.10. The van der Waals surface area contributed by atoms with Crippen LogP contribution in [0.1, 0.15) is 12.2 Å². The Labute approximate surface area is 119 Å². The summed E-state index contributed by atoms with van der Waals surface area (Å²) in [6, 6.07) is 5.88. The first-order chi connectivity index (χ1) is 9.11. The van der Waals surface area contributed by atoms with E-state index in [1.807, 2.05) is 25.2 Å². The molecule has 1 heterocycles. The second-order valence-corrected chi connectivity index (χ2v) is 5.44. The molecule has 0 aliphatic carbocycles. The number of nitrogens with one attached hydrogen (secondary N) is 1. The summed E-state index contributed by atoms with van der Waals surface area (Å²) in [7, 11) is 6.13. The Balaban J connectivity index is 2.30. The Morgan fingerprint density at radius 3 is 2.84 bits per heavy atom. The van der Waals surface area contributed by atoms with Crippen molar-refractivity contribution in [1.82, 2.24) is 19.8 Å². The van der Waals surface area contributed by atoms with Gasteiger partial charge in [0.2, 0.25) is 0 Å². The van der Waals surface area contributed by atoms with Gasteiger partial charge in [0, 0.05) is 11.6 Å². The van der Waals surface area contributed by atoms with Crippen molar-refractivity contribution in [3.63, 3.8) is 0 Å². The minimum absolute atomic E-state index is 0.761. The van der Waals surface area contributed by atoms with Crippen molar-refractivity contribution >= 4 is 22.6 Å². The zero-order valence-corrected chi connectivity index (χ0v) is 12.5. The molecule has 0 aliphatic rings. The first kappa shape index (κ1) is 14.3. The topological polar surface area (TPSA) is 33.1 Å². The first-order valence-electron chi connectivity index (χ1n) is 6.56. The summed E-state index contributed by atoms with van der Waals surface area (Å²) in [6.07, 6.45) is 1.10. The summed E-state index contributed by atoms with van der Waals surface area (Å²) in [5.74, 6) is 1.07. The van der Waals surface area contributed by atoms with E-state index >= 15 is 0 Å². The number of nitrogens with zero attached hydrogens (tertiary/aromatic N) is 3. The molecule has 0 amide bonds. The maximum Gasteiger partial charge on any atom is 0.123 e. The van der Waals surface area contributed by atoms with E-state index in [1.54, 1.807) is 0 Å². The molecule has 0 saturated heterocycles. The monoisotopic (exact) mass is 280 g/mol. The number of hydrogen-bond acceptors (Lipinski definition) is 3. The van der Waals surface area contributed by atoms with Crippen LogP contribution in [0.2, 0.25) is 5.02 Å². The van der Waals surface area contributed by atoms with E-state index < -0.39 is 0 Å². The molecule has 0 atom stereocenters. The lowest BCUT2D eigenvalue weighted by atomic mass is 10.3. The maximum absolute atomic E-state index is 6.10. The molecular formula is C14H21ClN4. The van der Waals surface area contributed by atoms with Gasteiger partial charge in [0.05, 0.1) is 17.6 Å². The third-order valence-electron chi connectivity index (χ3n) is 3.11. The largest absolute Gasteiger partial charge is 0.327 e. The third-order valence-corrected chi connectivity index (χ3v) is 3.35. The highest BCUT2D eigenvalue weighted by Crippen LogP contribution is 2.21. The number of halogens is 1. The zero-order chi connectivity index (χ0) is 13.8. The molecular weight excluding hydrogens is 260 g/mol. The summed E-state index contributed by atoms with van der Waals surface area (Å²) in [5.41, 5.74) is 2.14. The van der Waals surface area contributed by atoms with Crippen LogP contribution in [0.15, 0.2) is 18.2 Å². The van der Waals surface area contributed by atoms with E-state index in [-0.39, 0.29) is 0 Å². The molecule has 4 nitrogen and oxygen atoms in total. The van der Waals surface area contributed by atoms with E-state index in [4.69, 9.17) is 11.6 Å².